The van der Waals surface area contributed by atoms with Crippen molar-refractivity contribution in [3.05, 3.63) is 82.7 Å². The van der Waals surface area contributed by atoms with Gasteiger partial charge in [0.05, 0.1) is 4.92 Å². The van der Waals surface area contributed by atoms with Crippen LogP contribution in [0.4, 0.5) is 11.4 Å². The largest absolute Gasteiger partial charge is 0.328 e. The standard InChI is InChI=1S/C22H19N7O3/c30-22(16-6-9-19(20(11-16)29(31)32)28-14-23-13-25-28)26-17-7-4-15(5-8-17)21-24-12-18-3-1-2-10-27(18)21/h4-9,11-14H,1-3,10H2,(H,26,30). The molecule has 1 amide bonds. The molecule has 3 heterocycles. The lowest BCUT2D eigenvalue weighted by Crippen LogP contribution is -2.13. The minimum atomic E-state index is -0.548. The van der Waals surface area contributed by atoms with Crippen LogP contribution < -0.4 is 5.32 Å². The minimum absolute atomic E-state index is 0.173. The number of anilines is 1. The maximum atomic E-state index is 12.7. The molecule has 0 bridgehead atoms. The van der Waals surface area contributed by atoms with Crippen molar-refractivity contribution in [3.63, 3.8) is 0 Å². The topological polar surface area (TPSA) is 121 Å². The van der Waals surface area contributed by atoms with Crippen molar-refractivity contribution >= 4 is 17.3 Å². The predicted molar refractivity (Wildman–Crippen MR) is 117 cm³/mol. The van der Waals surface area contributed by atoms with E-state index >= 15 is 0 Å². The highest BCUT2D eigenvalue weighted by molar-refractivity contribution is 6.05. The summed E-state index contributed by atoms with van der Waals surface area (Å²) in [7, 11) is 0. The number of aromatic nitrogens is 5. The first kappa shape index (κ1) is 19.6. The lowest BCUT2D eigenvalue weighted by Gasteiger charge is -2.16. The summed E-state index contributed by atoms with van der Waals surface area (Å²) in [5.74, 6) is 0.487. The molecule has 0 unspecified atom stereocenters. The number of hydrogen-bond donors (Lipinski definition) is 1. The van der Waals surface area contributed by atoms with Gasteiger partial charge in [0.15, 0.2) is 0 Å². The van der Waals surface area contributed by atoms with E-state index in [4.69, 9.17) is 0 Å². The average Bonchev–Trinajstić information content (AvgIpc) is 3.49. The lowest BCUT2D eigenvalue weighted by molar-refractivity contribution is -0.384. The smallest absolute Gasteiger partial charge is 0.295 e. The summed E-state index contributed by atoms with van der Waals surface area (Å²) in [6.07, 6.45) is 7.96. The highest BCUT2D eigenvalue weighted by Gasteiger charge is 2.20. The summed E-state index contributed by atoms with van der Waals surface area (Å²) in [5, 5.41) is 18.2. The Morgan fingerprint density at radius 3 is 2.72 bits per heavy atom. The molecule has 0 saturated carbocycles. The maximum absolute atomic E-state index is 12.7. The SMILES string of the molecule is O=C(Nc1ccc(-c2ncc3n2CCCC3)cc1)c1ccc(-n2cncn2)c([N+](=O)[O-])c1. The number of nitro benzene ring substituents is 1. The Morgan fingerprint density at radius 2 is 1.97 bits per heavy atom. The second-order valence-electron chi connectivity index (χ2n) is 7.51. The van der Waals surface area contributed by atoms with Crippen LogP contribution in [0.15, 0.2) is 61.3 Å². The van der Waals surface area contributed by atoms with Crippen LogP contribution in [0.2, 0.25) is 0 Å². The first-order valence-electron chi connectivity index (χ1n) is 10.2. The zero-order valence-electron chi connectivity index (χ0n) is 17.0. The number of rotatable bonds is 5. The van der Waals surface area contributed by atoms with E-state index in [0.29, 0.717) is 5.69 Å². The average molecular weight is 429 g/mol. The van der Waals surface area contributed by atoms with E-state index in [1.54, 1.807) is 12.1 Å². The van der Waals surface area contributed by atoms with Crippen molar-refractivity contribution in [3.8, 4) is 17.1 Å². The fourth-order valence-corrected chi connectivity index (χ4v) is 3.91. The molecule has 5 rings (SSSR count). The van der Waals surface area contributed by atoms with E-state index < -0.39 is 10.8 Å². The van der Waals surface area contributed by atoms with Gasteiger partial charge in [-0.1, -0.05) is 0 Å². The second-order valence-corrected chi connectivity index (χ2v) is 7.51. The normalized spacial score (nSPS) is 12.9. The fourth-order valence-electron chi connectivity index (χ4n) is 3.91. The van der Waals surface area contributed by atoms with Crippen molar-refractivity contribution in [1.29, 1.82) is 0 Å². The summed E-state index contributed by atoms with van der Waals surface area (Å²) in [6.45, 7) is 0.965. The molecule has 2 aromatic carbocycles. The van der Waals surface area contributed by atoms with Crippen molar-refractivity contribution in [2.45, 2.75) is 25.8 Å². The summed E-state index contributed by atoms with van der Waals surface area (Å²) in [6, 6.07) is 11.7. The third-order valence-corrected chi connectivity index (χ3v) is 5.50. The number of nitrogens with one attached hydrogen (secondary N) is 1. The van der Waals surface area contributed by atoms with Gasteiger partial charge in [-0.15, -0.1) is 0 Å². The molecule has 0 aliphatic carbocycles. The molecule has 1 N–H and O–H groups in total. The van der Waals surface area contributed by atoms with Gasteiger partial charge in [-0.05, 0) is 55.7 Å². The van der Waals surface area contributed by atoms with Crippen LogP contribution in [0, 0.1) is 10.1 Å². The summed E-state index contributed by atoms with van der Waals surface area (Å²) < 4.78 is 3.53. The quantitative estimate of drug-likeness (QED) is 0.382. The van der Waals surface area contributed by atoms with E-state index in [0.717, 1.165) is 30.8 Å². The van der Waals surface area contributed by atoms with Crippen molar-refractivity contribution < 1.29 is 9.72 Å². The van der Waals surface area contributed by atoms with Gasteiger partial charge in [0.1, 0.15) is 24.2 Å². The van der Waals surface area contributed by atoms with Crippen molar-refractivity contribution in [2.24, 2.45) is 0 Å². The molecule has 0 saturated heterocycles. The molecule has 0 atom stereocenters. The Morgan fingerprint density at radius 1 is 1.12 bits per heavy atom. The molecule has 1 aliphatic heterocycles. The molecule has 2 aromatic heterocycles. The maximum Gasteiger partial charge on any atom is 0.295 e. The van der Waals surface area contributed by atoms with Crippen molar-refractivity contribution in [1.82, 2.24) is 24.3 Å². The van der Waals surface area contributed by atoms with E-state index in [1.807, 2.05) is 18.3 Å². The van der Waals surface area contributed by atoms with Gasteiger partial charge >= 0.3 is 0 Å². The number of benzene rings is 2. The molecule has 4 aromatic rings. The fraction of sp³-hybridized carbons (Fsp3) is 0.182. The Hall–Kier alpha value is -4.34. The third kappa shape index (κ3) is 3.62. The molecule has 0 fully saturated rings. The van der Waals surface area contributed by atoms with Gasteiger partial charge in [-0.3, -0.25) is 14.9 Å². The van der Waals surface area contributed by atoms with Crippen LogP contribution in [0.1, 0.15) is 28.9 Å². The van der Waals surface area contributed by atoms with Gasteiger partial charge in [-0.25, -0.2) is 14.6 Å². The summed E-state index contributed by atoms with van der Waals surface area (Å²) >= 11 is 0. The number of aryl methyl sites for hydroxylation is 1. The van der Waals surface area contributed by atoms with Crippen LogP contribution in [-0.2, 0) is 13.0 Å². The highest BCUT2D eigenvalue weighted by Crippen LogP contribution is 2.27. The minimum Gasteiger partial charge on any atom is -0.328 e. The molecule has 0 spiro atoms. The zero-order valence-corrected chi connectivity index (χ0v) is 17.0. The molecular weight excluding hydrogens is 410 g/mol. The summed E-state index contributed by atoms with van der Waals surface area (Å²) in [4.78, 5) is 32.0. The van der Waals surface area contributed by atoms with Crippen molar-refractivity contribution in [2.75, 3.05) is 5.32 Å². The first-order valence-corrected chi connectivity index (χ1v) is 10.2. The van der Waals surface area contributed by atoms with E-state index in [2.05, 4.69) is 25.0 Å². The van der Waals surface area contributed by atoms with Gasteiger partial charge in [0.25, 0.3) is 11.6 Å². The number of carbonyl (C=O) groups excluding carboxylic acids is 1. The number of imidazole rings is 1. The van der Waals surface area contributed by atoms with Gasteiger partial charge in [-0.2, -0.15) is 5.10 Å². The molecule has 0 radical (unpaired) electrons. The van der Waals surface area contributed by atoms with E-state index in [-0.39, 0.29) is 16.9 Å². The van der Waals surface area contributed by atoms with Crippen LogP contribution >= 0.6 is 0 Å². The third-order valence-electron chi connectivity index (χ3n) is 5.50. The number of nitrogens with zero attached hydrogens (tertiary/aromatic N) is 6. The molecule has 160 valence electrons. The Labute approximate surface area is 182 Å². The van der Waals surface area contributed by atoms with Gasteiger partial charge in [0.2, 0.25) is 0 Å². The van der Waals surface area contributed by atoms with E-state index in [1.165, 1.54) is 47.7 Å². The first-order chi connectivity index (χ1) is 15.6. The van der Waals surface area contributed by atoms with Gasteiger partial charge < -0.3 is 9.88 Å². The van der Waals surface area contributed by atoms with Crippen LogP contribution in [-0.4, -0.2) is 35.1 Å². The predicted octanol–water partition coefficient (Wildman–Crippen LogP) is 3.63. The number of hydrogen-bond acceptors (Lipinski definition) is 6. The van der Waals surface area contributed by atoms with Crippen LogP contribution in [0.25, 0.3) is 17.1 Å². The number of fused-ring (bicyclic) bond motifs is 1. The Balaban J connectivity index is 1.36. The summed E-state index contributed by atoms with van der Waals surface area (Å²) in [5.41, 5.74) is 2.99. The van der Waals surface area contributed by atoms with Crippen LogP contribution in [0.5, 0.6) is 0 Å². The Bertz CT molecular complexity index is 1290. The van der Waals surface area contributed by atoms with E-state index in [9.17, 15) is 14.9 Å². The zero-order chi connectivity index (χ0) is 22.1. The molecule has 1 aliphatic rings. The van der Waals surface area contributed by atoms with Crippen LogP contribution in [0.3, 0.4) is 0 Å². The van der Waals surface area contributed by atoms with Gasteiger partial charge in [0, 0.05) is 41.3 Å². The number of nitro groups is 1. The molecular formula is C22H19N7O3. The monoisotopic (exact) mass is 429 g/mol. The highest BCUT2D eigenvalue weighted by atomic mass is 16.6. The Kier molecular flexibility index (Phi) is 4.94. The molecule has 10 nitrogen and oxygen atoms in total. The lowest BCUT2D eigenvalue weighted by atomic mass is 10.1. The number of amides is 1. The molecule has 32 heavy (non-hydrogen) atoms. The number of carbonyl (C=O) groups is 1. The second kappa shape index (κ2) is 8.06. The molecule has 10 heteroatoms.